The lowest BCUT2D eigenvalue weighted by Gasteiger charge is -2.34. The van der Waals surface area contributed by atoms with E-state index in [9.17, 15) is 9.59 Å². The summed E-state index contributed by atoms with van der Waals surface area (Å²) in [5, 5.41) is 4.18. The number of carbonyl (C=O) groups is 2. The topological polar surface area (TPSA) is 61.8 Å². The van der Waals surface area contributed by atoms with Crippen molar-refractivity contribution in [3.63, 3.8) is 0 Å². The SMILES string of the molecule is C[C@@H]1[C@H](C)CCC[C@H]1NC(=O)CSC1=NCC(=O)N1c1ccccc1Cl. The van der Waals surface area contributed by atoms with Crippen molar-refractivity contribution in [2.45, 2.75) is 39.2 Å². The average Bonchev–Trinajstić information content (AvgIpc) is 2.98. The van der Waals surface area contributed by atoms with Crippen LogP contribution in [0.1, 0.15) is 33.1 Å². The monoisotopic (exact) mass is 393 g/mol. The predicted molar refractivity (Wildman–Crippen MR) is 108 cm³/mol. The number of rotatable bonds is 4. The normalized spacial score (nSPS) is 26.0. The van der Waals surface area contributed by atoms with Gasteiger partial charge in [-0.1, -0.05) is 62.2 Å². The molecule has 3 atom stereocenters. The first kappa shape index (κ1) is 19.2. The minimum absolute atomic E-state index is 0.0119. The van der Waals surface area contributed by atoms with Crippen LogP contribution in [0.2, 0.25) is 5.02 Å². The molecule has 1 heterocycles. The third kappa shape index (κ3) is 4.23. The molecule has 1 N–H and O–H groups in total. The number of carbonyl (C=O) groups excluding carboxylic acids is 2. The largest absolute Gasteiger partial charge is 0.352 e. The maximum Gasteiger partial charge on any atom is 0.254 e. The molecule has 0 spiro atoms. The molecule has 1 aromatic carbocycles. The molecule has 5 nitrogen and oxygen atoms in total. The summed E-state index contributed by atoms with van der Waals surface area (Å²) in [4.78, 5) is 30.4. The molecule has 1 saturated carbocycles. The number of hydrogen-bond donors (Lipinski definition) is 1. The summed E-state index contributed by atoms with van der Waals surface area (Å²) in [5.74, 6) is 1.22. The molecule has 1 aliphatic heterocycles. The third-order valence-electron chi connectivity index (χ3n) is 5.27. The average molecular weight is 394 g/mol. The molecular weight excluding hydrogens is 370 g/mol. The molecule has 0 aromatic heterocycles. The molecule has 1 fully saturated rings. The van der Waals surface area contributed by atoms with Gasteiger partial charge in [0.15, 0.2) is 5.17 Å². The Morgan fingerprint density at radius 3 is 2.88 bits per heavy atom. The maximum atomic E-state index is 12.4. The number of amides is 2. The van der Waals surface area contributed by atoms with Gasteiger partial charge in [0.25, 0.3) is 5.91 Å². The van der Waals surface area contributed by atoms with Crippen LogP contribution in [-0.4, -0.2) is 35.3 Å². The molecule has 0 saturated heterocycles. The summed E-state index contributed by atoms with van der Waals surface area (Å²) in [6.45, 7) is 4.55. The van der Waals surface area contributed by atoms with Gasteiger partial charge >= 0.3 is 0 Å². The number of aliphatic imine (C=N–C) groups is 1. The van der Waals surface area contributed by atoms with Crippen molar-refractivity contribution >= 4 is 46.0 Å². The minimum atomic E-state index is -0.129. The second-order valence-corrected chi connectivity index (χ2v) is 8.36. The van der Waals surface area contributed by atoms with E-state index in [1.807, 2.05) is 12.1 Å². The van der Waals surface area contributed by atoms with Crippen LogP contribution < -0.4 is 10.2 Å². The molecule has 2 aliphatic rings. The first-order valence-corrected chi connectivity index (χ1v) is 10.4. The molecule has 7 heteroatoms. The molecule has 0 unspecified atom stereocenters. The predicted octanol–water partition coefficient (Wildman–Crippen LogP) is 3.72. The van der Waals surface area contributed by atoms with Crippen LogP contribution in [0.5, 0.6) is 0 Å². The van der Waals surface area contributed by atoms with Gasteiger partial charge in [-0.3, -0.25) is 19.5 Å². The van der Waals surface area contributed by atoms with E-state index in [4.69, 9.17) is 11.6 Å². The molecule has 140 valence electrons. The molecule has 26 heavy (non-hydrogen) atoms. The Morgan fingerprint density at radius 1 is 1.35 bits per heavy atom. The minimum Gasteiger partial charge on any atom is -0.352 e. The smallest absolute Gasteiger partial charge is 0.254 e. The second kappa shape index (κ2) is 8.44. The highest BCUT2D eigenvalue weighted by Gasteiger charge is 2.31. The number of nitrogens with zero attached hydrogens (tertiary/aromatic N) is 2. The van der Waals surface area contributed by atoms with E-state index in [0.29, 0.717) is 27.7 Å². The fourth-order valence-corrected chi connectivity index (χ4v) is 4.58. The molecule has 1 aliphatic carbocycles. The van der Waals surface area contributed by atoms with Gasteiger partial charge in [-0.2, -0.15) is 0 Å². The number of benzene rings is 1. The number of thioether (sulfide) groups is 1. The summed E-state index contributed by atoms with van der Waals surface area (Å²) >= 11 is 7.50. The van der Waals surface area contributed by atoms with Gasteiger partial charge in [-0.05, 0) is 30.4 Å². The number of hydrogen-bond acceptors (Lipinski definition) is 4. The number of para-hydroxylation sites is 1. The van der Waals surface area contributed by atoms with Crippen LogP contribution >= 0.6 is 23.4 Å². The fraction of sp³-hybridized carbons (Fsp3) is 0.526. The van der Waals surface area contributed by atoms with Gasteiger partial charge < -0.3 is 5.32 Å². The van der Waals surface area contributed by atoms with E-state index < -0.39 is 0 Å². The summed E-state index contributed by atoms with van der Waals surface area (Å²) in [6, 6.07) is 7.40. The standard InChI is InChI=1S/C19H24ClN3O2S/c1-12-6-5-8-15(13(12)2)22-17(24)11-26-19-21-10-18(25)23(19)16-9-4-3-7-14(16)20/h3-4,7,9,12-13,15H,5-6,8,10-11H2,1-2H3,(H,22,24)/t12-,13-,15-/m1/s1. The lowest BCUT2D eigenvalue weighted by atomic mass is 9.78. The van der Waals surface area contributed by atoms with Gasteiger partial charge in [0.1, 0.15) is 6.54 Å². The van der Waals surface area contributed by atoms with Gasteiger partial charge in [0, 0.05) is 6.04 Å². The highest BCUT2D eigenvalue weighted by atomic mass is 35.5. The van der Waals surface area contributed by atoms with Gasteiger partial charge in [0.2, 0.25) is 5.91 Å². The van der Waals surface area contributed by atoms with Crippen LogP contribution in [0.4, 0.5) is 5.69 Å². The van der Waals surface area contributed by atoms with Crippen LogP contribution in [0.15, 0.2) is 29.3 Å². The van der Waals surface area contributed by atoms with E-state index in [-0.39, 0.29) is 30.2 Å². The van der Waals surface area contributed by atoms with Crippen molar-refractivity contribution in [2.24, 2.45) is 16.8 Å². The Morgan fingerprint density at radius 2 is 2.12 bits per heavy atom. The van der Waals surface area contributed by atoms with Crippen molar-refractivity contribution in [3.05, 3.63) is 29.3 Å². The lowest BCUT2D eigenvalue weighted by molar-refractivity contribution is -0.120. The maximum absolute atomic E-state index is 12.4. The highest BCUT2D eigenvalue weighted by molar-refractivity contribution is 8.14. The molecule has 3 rings (SSSR count). The van der Waals surface area contributed by atoms with Gasteiger partial charge in [-0.15, -0.1) is 0 Å². The summed E-state index contributed by atoms with van der Waals surface area (Å²) in [6.07, 6.45) is 3.42. The Labute approximate surface area is 163 Å². The van der Waals surface area contributed by atoms with Crippen LogP contribution in [0.3, 0.4) is 0 Å². The van der Waals surface area contributed by atoms with E-state index >= 15 is 0 Å². The first-order chi connectivity index (χ1) is 12.5. The van der Waals surface area contributed by atoms with Crippen LogP contribution in [0.25, 0.3) is 0 Å². The number of anilines is 1. The van der Waals surface area contributed by atoms with Gasteiger partial charge in [0.05, 0.1) is 16.5 Å². The first-order valence-electron chi connectivity index (χ1n) is 9.01. The third-order valence-corrected chi connectivity index (χ3v) is 6.57. The Bertz CT molecular complexity index is 724. The van der Waals surface area contributed by atoms with E-state index in [1.165, 1.54) is 23.1 Å². The van der Waals surface area contributed by atoms with Crippen molar-refractivity contribution in [1.29, 1.82) is 0 Å². The van der Waals surface area contributed by atoms with Crippen molar-refractivity contribution < 1.29 is 9.59 Å². The Hall–Kier alpha value is -1.53. The lowest BCUT2D eigenvalue weighted by Crippen LogP contribution is -2.44. The van der Waals surface area contributed by atoms with Gasteiger partial charge in [-0.25, -0.2) is 0 Å². The molecule has 1 aromatic rings. The zero-order chi connectivity index (χ0) is 18.7. The quantitative estimate of drug-likeness (QED) is 0.848. The van der Waals surface area contributed by atoms with E-state index in [0.717, 1.165) is 12.8 Å². The summed E-state index contributed by atoms with van der Waals surface area (Å²) in [7, 11) is 0. The number of nitrogens with one attached hydrogen (secondary N) is 1. The summed E-state index contributed by atoms with van der Waals surface area (Å²) in [5.41, 5.74) is 0.609. The van der Waals surface area contributed by atoms with Crippen LogP contribution in [-0.2, 0) is 9.59 Å². The zero-order valence-electron chi connectivity index (χ0n) is 15.1. The van der Waals surface area contributed by atoms with Crippen LogP contribution in [0, 0.1) is 11.8 Å². The number of amidine groups is 1. The van der Waals surface area contributed by atoms with Crippen molar-refractivity contribution in [3.8, 4) is 0 Å². The summed E-state index contributed by atoms with van der Waals surface area (Å²) < 4.78 is 0. The number of halogens is 1. The highest BCUT2D eigenvalue weighted by Crippen LogP contribution is 2.31. The van der Waals surface area contributed by atoms with E-state index in [2.05, 4.69) is 24.2 Å². The Kier molecular flexibility index (Phi) is 6.24. The Balaban J connectivity index is 1.59. The second-order valence-electron chi connectivity index (χ2n) is 7.01. The van der Waals surface area contributed by atoms with Crippen molar-refractivity contribution in [2.75, 3.05) is 17.2 Å². The molecule has 0 radical (unpaired) electrons. The molecule has 0 bridgehead atoms. The fourth-order valence-electron chi connectivity index (χ4n) is 3.53. The van der Waals surface area contributed by atoms with E-state index in [1.54, 1.807) is 12.1 Å². The van der Waals surface area contributed by atoms with Crippen molar-refractivity contribution in [1.82, 2.24) is 5.32 Å². The zero-order valence-corrected chi connectivity index (χ0v) is 16.6. The molecule has 2 amide bonds. The molecular formula is C19H24ClN3O2S.